The standard InChI is InChI=1S/C12H17NO2/c1-3-9-6-10(4-5-11(9)14-2)12(13)7-15-8-12/h4-6H,3,7-8,13H2,1-2H3. The first-order valence-corrected chi connectivity index (χ1v) is 5.23. The molecule has 1 saturated heterocycles. The molecule has 2 rings (SSSR count). The summed E-state index contributed by atoms with van der Waals surface area (Å²) in [6.07, 6.45) is 0.952. The van der Waals surface area contributed by atoms with Crippen LogP contribution in [0.25, 0.3) is 0 Å². The van der Waals surface area contributed by atoms with E-state index >= 15 is 0 Å². The Morgan fingerprint density at radius 2 is 2.20 bits per heavy atom. The molecule has 15 heavy (non-hydrogen) atoms. The van der Waals surface area contributed by atoms with Gasteiger partial charge in [-0.15, -0.1) is 0 Å². The fraction of sp³-hybridized carbons (Fsp3) is 0.500. The van der Waals surface area contributed by atoms with Crippen molar-refractivity contribution in [3.05, 3.63) is 29.3 Å². The molecule has 82 valence electrons. The Balaban J connectivity index is 2.34. The van der Waals surface area contributed by atoms with E-state index in [1.165, 1.54) is 5.56 Å². The van der Waals surface area contributed by atoms with Crippen molar-refractivity contribution in [2.24, 2.45) is 5.73 Å². The highest BCUT2D eigenvalue weighted by Gasteiger charge is 2.36. The van der Waals surface area contributed by atoms with E-state index in [4.69, 9.17) is 15.2 Å². The first-order chi connectivity index (χ1) is 7.19. The molecule has 1 aliphatic rings. The molecule has 1 aliphatic heterocycles. The molecule has 0 unspecified atom stereocenters. The minimum atomic E-state index is -0.282. The average Bonchev–Trinajstić information content (AvgIpc) is 2.25. The number of rotatable bonds is 3. The lowest BCUT2D eigenvalue weighted by Gasteiger charge is -2.38. The third kappa shape index (κ3) is 1.73. The van der Waals surface area contributed by atoms with Crippen LogP contribution in [0.1, 0.15) is 18.1 Å². The van der Waals surface area contributed by atoms with Crippen molar-refractivity contribution in [3.63, 3.8) is 0 Å². The van der Waals surface area contributed by atoms with Gasteiger partial charge >= 0.3 is 0 Å². The van der Waals surface area contributed by atoms with E-state index in [1.807, 2.05) is 12.1 Å². The smallest absolute Gasteiger partial charge is 0.122 e. The maximum Gasteiger partial charge on any atom is 0.122 e. The molecule has 0 spiro atoms. The van der Waals surface area contributed by atoms with Crippen LogP contribution < -0.4 is 10.5 Å². The van der Waals surface area contributed by atoms with Gasteiger partial charge < -0.3 is 15.2 Å². The molecule has 0 aromatic heterocycles. The van der Waals surface area contributed by atoms with Crippen LogP contribution in [-0.2, 0) is 16.7 Å². The lowest BCUT2D eigenvalue weighted by Crippen LogP contribution is -2.54. The zero-order valence-corrected chi connectivity index (χ0v) is 9.25. The highest BCUT2D eigenvalue weighted by Crippen LogP contribution is 2.30. The molecule has 0 aliphatic carbocycles. The van der Waals surface area contributed by atoms with Crippen molar-refractivity contribution >= 4 is 0 Å². The number of nitrogens with two attached hydrogens (primary N) is 1. The van der Waals surface area contributed by atoms with Crippen LogP contribution in [0.5, 0.6) is 5.75 Å². The molecule has 3 nitrogen and oxygen atoms in total. The van der Waals surface area contributed by atoms with E-state index in [9.17, 15) is 0 Å². The van der Waals surface area contributed by atoms with Gasteiger partial charge in [0, 0.05) is 0 Å². The second kappa shape index (κ2) is 3.83. The van der Waals surface area contributed by atoms with Gasteiger partial charge in [-0.2, -0.15) is 0 Å². The maximum absolute atomic E-state index is 6.17. The van der Waals surface area contributed by atoms with E-state index in [0.29, 0.717) is 13.2 Å². The number of ether oxygens (including phenoxy) is 2. The van der Waals surface area contributed by atoms with Crippen molar-refractivity contribution in [1.29, 1.82) is 0 Å². The SMILES string of the molecule is CCc1cc(C2(N)COC2)ccc1OC. The van der Waals surface area contributed by atoms with E-state index in [-0.39, 0.29) is 5.54 Å². The van der Waals surface area contributed by atoms with E-state index in [0.717, 1.165) is 17.7 Å². The van der Waals surface area contributed by atoms with Crippen LogP contribution in [0.15, 0.2) is 18.2 Å². The highest BCUT2D eigenvalue weighted by molar-refractivity contribution is 5.40. The number of aryl methyl sites for hydroxylation is 1. The maximum atomic E-state index is 6.17. The summed E-state index contributed by atoms with van der Waals surface area (Å²) in [4.78, 5) is 0. The summed E-state index contributed by atoms with van der Waals surface area (Å²) in [5, 5.41) is 0. The number of hydrogen-bond donors (Lipinski definition) is 1. The van der Waals surface area contributed by atoms with E-state index in [2.05, 4.69) is 13.0 Å². The topological polar surface area (TPSA) is 44.5 Å². The van der Waals surface area contributed by atoms with Gasteiger partial charge in [0.05, 0.1) is 25.9 Å². The van der Waals surface area contributed by atoms with Gasteiger partial charge in [0.15, 0.2) is 0 Å². The Kier molecular flexibility index (Phi) is 2.67. The minimum absolute atomic E-state index is 0.282. The number of hydrogen-bond acceptors (Lipinski definition) is 3. The van der Waals surface area contributed by atoms with Crippen LogP contribution in [0.3, 0.4) is 0 Å². The molecule has 1 heterocycles. The summed E-state index contributed by atoms with van der Waals surface area (Å²) < 4.78 is 10.4. The summed E-state index contributed by atoms with van der Waals surface area (Å²) in [6.45, 7) is 3.34. The second-order valence-corrected chi connectivity index (χ2v) is 4.03. The molecule has 3 heteroatoms. The molecule has 0 atom stereocenters. The number of methoxy groups -OCH3 is 1. The van der Waals surface area contributed by atoms with Crippen LogP contribution in [0.4, 0.5) is 0 Å². The first kappa shape index (κ1) is 10.5. The Bertz CT molecular complexity index is 359. The quantitative estimate of drug-likeness (QED) is 0.815. The van der Waals surface area contributed by atoms with Gasteiger partial charge in [-0.25, -0.2) is 0 Å². The van der Waals surface area contributed by atoms with Gasteiger partial charge in [0.1, 0.15) is 5.75 Å². The molecule has 0 radical (unpaired) electrons. The van der Waals surface area contributed by atoms with Gasteiger partial charge in [0.2, 0.25) is 0 Å². The summed E-state index contributed by atoms with van der Waals surface area (Å²) in [6, 6.07) is 6.14. The zero-order valence-electron chi connectivity index (χ0n) is 9.25. The van der Waals surface area contributed by atoms with Gasteiger partial charge in [-0.3, -0.25) is 0 Å². The summed E-state index contributed by atoms with van der Waals surface area (Å²) in [5.41, 5.74) is 8.24. The molecular weight excluding hydrogens is 190 g/mol. The average molecular weight is 207 g/mol. The van der Waals surface area contributed by atoms with Crippen molar-refractivity contribution in [2.75, 3.05) is 20.3 Å². The van der Waals surface area contributed by atoms with Crippen molar-refractivity contribution in [1.82, 2.24) is 0 Å². The Morgan fingerprint density at radius 1 is 1.47 bits per heavy atom. The molecule has 0 bridgehead atoms. The van der Waals surface area contributed by atoms with Gasteiger partial charge in [-0.1, -0.05) is 19.1 Å². The normalized spacial score (nSPS) is 18.3. The summed E-state index contributed by atoms with van der Waals surface area (Å²) in [5.74, 6) is 0.935. The highest BCUT2D eigenvalue weighted by atomic mass is 16.5. The Labute approximate surface area is 90.2 Å². The lowest BCUT2D eigenvalue weighted by molar-refractivity contribution is -0.0569. The van der Waals surface area contributed by atoms with Crippen molar-refractivity contribution in [3.8, 4) is 5.75 Å². The summed E-state index contributed by atoms with van der Waals surface area (Å²) >= 11 is 0. The van der Waals surface area contributed by atoms with Gasteiger partial charge in [0.25, 0.3) is 0 Å². The van der Waals surface area contributed by atoms with E-state index in [1.54, 1.807) is 7.11 Å². The second-order valence-electron chi connectivity index (χ2n) is 4.03. The molecule has 1 aromatic rings. The number of benzene rings is 1. The monoisotopic (exact) mass is 207 g/mol. The molecule has 2 N–H and O–H groups in total. The zero-order chi connectivity index (χ0) is 10.9. The fourth-order valence-electron chi connectivity index (χ4n) is 1.85. The molecular formula is C12H17NO2. The molecule has 0 amide bonds. The summed E-state index contributed by atoms with van der Waals surface area (Å²) in [7, 11) is 1.69. The fourth-order valence-corrected chi connectivity index (χ4v) is 1.85. The Morgan fingerprint density at radius 3 is 2.67 bits per heavy atom. The van der Waals surface area contributed by atoms with Crippen LogP contribution in [0, 0.1) is 0 Å². The molecule has 1 aromatic carbocycles. The predicted octanol–water partition coefficient (Wildman–Crippen LogP) is 1.44. The van der Waals surface area contributed by atoms with Gasteiger partial charge in [-0.05, 0) is 23.6 Å². The third-order valence-electron chi connectivity index (χ3n) is 2.96. The van der Waals surface area contributed by atoms with Crippen molar-refractivity contribution in [2.45, 2.75) is 18.9 Å². The molecule has 0 saturated carbocycles. The molecule has 1 fully saturated rings. The predicted molar refractivity (Wildman–Crippen MR) is 59.1 cm³/mol. The van der Waals surface area contributed by atoms with Crippen LogP contribution >= 0.6 is 0 Å². The van der Waals surface area contributed by atoms with Crippen LogP contribution in [0.2, 0.25) is 0 Å². The van der Waals surface area contributed by atoms with Crippen LogP contribution in [-0.4, -0.2) is 20.3 Å². The minimum Gasteiger partial charge on any atom is -0.496 e. The van der Waals surface area contributed by atoms with E-state index < -0.39 is 0 Å². The van der Waals surface area contributed by atoms with Crippen molar-refractivity contribution < 1.29 is 9.47 Å². The first-order valence-electron chi connectivity index (χ1n) is 5.23. The lowest BCUT2D eigenvalue weighted by atomic mass is 9.88. The third-order valence-corrected chi connectivity index (χ3v) is 2.96. The largest absolute Gasteiger partial charge is 0.496 e. The Hall–Kier alpha value is -1.06.